The lowest BCUT2D eigenvalue weighted by Gasteiger charge is -2.30. The molecule has 0 aromatic rings. The highest BCUT2D eigenvalue weighted by Gasteiger charge is 2.22. The maximum atomic E-state index is 12.0. The zero-order valence-electron chi connectivity index (χ0n) is 15.7. The van der Waals surface area contributed by atoms with Crippen LogP contribution < -0.4 is 21.3 Å². The number of carbonyl (C=O) groups is 2. The van der Waals surface area contributed by atoms with Crippen LogP contribution in [-0.2, 0) is 4.79 Å². The summed E-state index contributed by atoms with van der Waals surface area (Å²) in [6.45, 7) is 4.82. The van der Waals surface area contributed by atoms with E-state index in [1.807, 2.05) is 0 Å². The zero-order chi connectivity index (χ0) is 17.9. The van der Waals surface area contributed by atoms with E-state index < -0.39 is 0 Å². The van der Waals surface area contributed by atoms with Gasteiger partial charge in [-0.05, 0) is 44.6 Å². The van der Waals surface area contributed by atoms with Gasteiger partial charge in [-0.15, -0.1) is 0 Å². The minimum atomic E-state index is -0.0385. The van der Waals surface area contributed by atoms with Gasteiger partial charge in [0.2, 0.25) is 5.91 Å². The summed E-state index contributed by atoms with van der Waals surface area (Å²) in [7, 11) is 0. The van der Waals surface area contributed by atoms with Crippen molar-refractivity contribution in [1.29, 1.82) is 0 Å². The average molecular weight is 353 g/mol. The number of piperidine rings is 1. The van der Waals surface area contributed by atoms with Crippen LogP contribution in [0.5, 0.6) is 0 Å². The van der Waals surface area contributed by atoms with Crippen LogP contribution in [0.3, 0.4) is 0 Å². The molecule has 2 atom stereocenters. The Morgan fingerprint density at radius 3 is 2.56 bits per heavy atom. The van der Waals surface area contributed by atoms with E-state index in [2.05, 4.69) is 28.2 Å². The first-order valence-electron chi connectivity index (χ1n) is 10.2. The number of hydrogen-bond donors (Lipinski definition) is 4. The summed E-state index contributed by atoms with van der Waals surface area (Å²) in [4.78, 5) is 23.8. The zero-order valence-corrected chi connectivity index (χ0v) is 15.7. The van der Waals surface area contributed by atoms with E-state index in [1.54, 1.807) is 0 Å². The fourth-order valence-corrected chi connectivity index (χ4v) is 3.73. The molecule has 3 amide bonds. The van der Waals surface area contributed by atoms with E-state index in [4.69, 9.17) is 0 Å². The first-order valence-corrected chi connectivity index (χ1v) is 10.2. The Balaban J connectivity index is 1.44. The molecule has 0 aromatic heterocycles. The quantitative estimate of drug-likeness (QED) is 0.506. The van der Waals surface area contributed by atoms with Gasteiger partial charge in [-0.1, -0.05) is 32.6 Å². The van der Waals surface area contributed by atoms with Crippen molar-refractivity contribution in [1.82, 2.24) is 21.3 Å². The lowest BCUT2D eigenvalue weighted by atomic mass is 9.94. The molecule has 25 heavy (non-hydrogen) atoms. The van der Waals surface area contributed by atoms with Gasteiger partial charge in [0.05, 0.1) is 0 Å². The van der Waals surface area contributed by atoms with Gasteiger partial charge in [0.25, 0.3) is 0 Å². The molecule has 144 valence electrons. The van der Waals surface area contributed by atoms with Crippen LogP contribution in [0.2, 0.25) is 0 Å². The Morgan fingerprint density at radius 2 is 1.80 bits per heavy atom. The third-order valence-electron chi connectivity index (χ3n) is 5.48. The third-order valence-corrected chi connectivity index (χ3v) is 5.48. The summed E-state index contributed by atoms with van der Waals surface area (Å²) in [5.41, 5.74) is 0. The molecule has 1 heterocycles. The number of amides is 3. The topological polar surface area (TPSA) is 82.3 Å². The molecule has 1 saturated heterocycles. The first-order chi connectivity index (χ1) is 12.1. The number of unbranched alkanes of at least 4 members (excludes halogenated alkanes) is 2. The smallest absolute Gasteiger partial charge is 0.315 e. The fraction of sp³-hybridized carbons (Fsp3) is 0.895. The fourth-order valence-electron chi connectivity index (χ4n) is 3.73. The molecule has 1 saturated carbocycles. The Morgan fingerprint density at radius 1 is 1.00 bits per heavy atom. The third kappa shape index (κ3) is 8.08. The van der Waals surface area contributed by atoms with Crippen molar-refractivity contribution in [2.45, 2.75) is 83.2 Å². The van der Waals surface area contributed by atoms with Gasteiger partial charge in [0.15, 0.2) is 0 Å². The first kappa shape index (κ1) is 20.0. The Hall–Kier alpha value is -1.30. The maximum absolute atomic E-state index is 12.0. The summed E-state index contributed by atoms with van der Waals surface area (Å²) < 4.78 is 0. The van der Waals surface area contributed by atoms with Gasteiger partial charge < -0.3 is 21.3 Å². The predicted octanol–water partition coefficient (Wildman–Crippen LogP) is 2.29. The average Bonchev–Trinajstić information content (AvgIpc) is 2.61. The molecule has 6 nitrogen and oxygen atoms in total. The van der Waals surface area contributed by atoms with Crippen LogP contribution in [0.15, 0.2) is 0 Å². The van der Waals surface area contributed by atoms with Gasteiger partial charge in [0, 0.05) is 31.6 Å². The van der Waals surface area contributed by atoms with E-state index >= 15 is 0 Å². The van der Waals surface area contributed by atoms with Gasteiger partial charge in [-0.2, -0.15) is 0 Å². The highest BCUT2D eigenvalue weighted by atomic mass is 16.2. The summed E-state index contributed by atoms with van der Waals surface area (Å²) in [5, 5.41) is 12.5. The second kappa shape index (κ2) is 11.3. The Bertz CT molecular complexity index is 410. The van der Waals surface area contributed by atoms with Crippen molar-refractivity contribution < 1.29 is 9.59 Å². The highest BCUT2D eigenvalue weighted by molar-refractivity contribution is 5.76. The van der Waals surface area contributed by atoms with Crippen LogP contribution in [0, 0.1) is 5.92 Å². The molecule has 4 N–H and O–H groups in total. The van der Waals surface area contributed by atoms with Gasteiger partial charge in [-0.25, -0.2) is 4.79 Å². The van der Waals surface area contributed by atoms with E-state index in [0.717, 1.165) is 51.6 Å². The molecule has 1 aliphatic carbocycles. The standard InChI is InChI=1S/C19H36N4O2/c1-15-11-13-20-14-17(15)23-18(24)10-6-3-7-12-21-19(25)22-16-8-4-2-5-9-16/h15-17,20H,2-14H2,1H3,(H,23,24)(H2,21,22,25). The van der Waals surface area contributed by atoms with Crippen molar-refractivity contribution in [3.8, 4) is 0 Å². The second-order valence-electron chi connectivity index (χ2n) is 7.69. The van der Waals surface area contributed by atoms with E-state index in [-0.39, 0.29) is 18.0 Å². The molecule has 2 fully saturated rings. The van der Waals surface area contributed by atoms with Crippen molar-refractivity contribution in [3.63, 3.8) is 0 Å². The number of hydrogen-bond acceptors (Lipinski definition) is 3. The summed E-state index contributed by atoms with van der Waals surface area (Å²) in [6.07, 6.45) is 10.4. The van der Waals surface area contributed by atoms with Crippen molar-refractivity contribution in [2.75, 3.05) is 19.6 Å². The number of carbonyl (C=O) groups excluding carboxylic acids is 2. The normalized spacial score (nSPS) is 24.5. The Labute approximate surface area is 152 Å². The molecule has 2 rings (SSSR count). The summed E-state index contributed by atoms with van der Waals surface area (Å²) in [5.74, 6) is 0.709. The van der Waals surface area contributed by atoms with Crippen LogP contribution in [-0.4, -0.2) is 43.7 Å². The van der Waals surface area contributed by atoms with Gasteiger partial charge in [0.1, 0.15) is 0 Å². The largest absolute Gasteiger partial charge is 0.352 e. The molecule has 2 unspecified atom stereocenters. The molecule has 0 radical (unpaired) electrons. The number of nitrogens with one attached hydrogen (secondary N) is 4. The monoisotopic (exact) mass is 352 g/mol. The minimum absolute atomic E-state index is 0.0385. The second-order valence-corrected chi connectivity index (χ2v) is 7.69. The number of rotatable bonds is 8. The molecule has 0 spiro atoms. The van der Waals surface area contributed by atoms with Gasteiger partial charge in [-0.3, -0.25) is 4.79 Å². The van der Waals surface area contributed by atoms with Crippen molar-refractivity contribution in [3.05, 3.63) is 0 Å². The molecular formula is C19H36N4O2. The highest BCUT2D eigenvalue weighted by Crippen LogP contribution is 2.17. The lowest BCUT2D eigenvalue weighted by molar-refractivity contribution is -0.122. The van der Waals surface area contributed by atoms with E-state index in [1.165, 1.54) is 19.3 Å². The van der Waals surface area contributed by atoms with Gasteiger partial charge >= 0.3 is 6.03 Å². The van der Waals surface area contributed by atoms with Crippen LogP contribution in [0.1, 0.15) is 71.1 Å². The minimum Gasteiger partial charge on any atom is -0.352 e. The van der Waals surface area contributed by atoms with E-state index in [0.29, 0.717) is 24.9 Å². The van der Waals surface area contributed by atoms with E-state index in [9.17, 15) is 9.59 Å². The van der Waals surface area contributed by atoms with Crippen LogP contribution in [0.25, 0.3) is 0 Å². The SMILES string of the molecule is CC1CCNCC1NC(=O)CCCCCNC(=O)NC1CCCCC1. The lowest BCUT2D eigenvalue weighted by Crippen LogP contribution is -2.50. The molecule has 0 bridgehead atoms. The summed E-state index contributed by atoms with van der Waals surface area (Å²) >= 11 is 0. The molecule has 2 aliphatic rings. The van der Waals surface area contributed by atoms with Crippen molar-refractivity contribution >= 4 is 11.9 Å². The van der Waals surface area contributed by atoms with Crippen LogP contribution in [0.4, 0.5) is 4.79 Å². The molecule has 6 heteroatoms. The Kier molecular flexibility index (Phi) is 9.08. The molecule has 0 aromatic carbocycles. The maximum Gasteiger partial charge on any atom is 0.315 e. The predicted molar refractivity (Wildman–Crippen MR) is 100 cm³/mol. The summed E-state index contributed by atoms with van der Waals surface area (Å²) in [6, 6.07) is 0.587. The van der Waals surface area contributed by atoms with Crippen LogP contribution >= 0.6 is 0 Å². The van der Waals surface area contributed by atoms with Crippen molar-refractivity contribution in [2.24, 2.45) is 5.92 Å². The number of urea groups is 1. The molecular weight excluding hydrogens is 316 g/mol. The molecule has 1 aliphatic heterocycles.